The summed E-state index contributed by atoms with van der Waals surface area (Å²) in [6.45, 7) is 7.20. The van der Waals surface area contributed by atoms with E-state index in [2.05, 4.69) is 24.9 Å². The maximum Gasteiger partial charge on any atom is 0.0250 e. The second-order valence-electron chi connectivity index (χ2n) is 3.83. The molecule has 12 heavy (non-hydrogen) atoms. The van der Waals surface area contributed by atoms with Gasteiger partial charge in [-0.3, -0.25) is 0 Å². The lowest BCUT2D eigenvalue weighted by Gasteiger charge is -2.28. The highest BCUT2D eigenvalue weighted by Crippen LogP contribution is 2.30. The molecule has 0 bridgehead atoms. The average molecular weight is 167 g/mol. The Morgan fingerprint density at radius 2 is 2.33 bits per heavy atom. The predicted molar refractivity (Wildman–Crippen MR) is 54.2 cm³/mol. The quantitative estimate of drug-likeness (QED) is 0.600. The van der Waals surface area contributed by atoms with E-state index in [1.807, 2.05) is 0 Å². The van der Waals surface area contributed by atoms with Crippen LogP contribution in [0.4, 0.5) is 0 Å². The van der Waals surface area contributed by atoms with Crippen LogP contribution in [0.1, 0.15) is 39.0 Å². The molecule has 1 unspecified atom stereocenters. The van der Waals surface area contributed by atoms with E-state index >= 15 is 0 Å². The van der Waals surface area contributed by atoms with Crippen molar-refractivity contribution in [2.75, 3.05) is 6.54 Å². The molecule has 1 rings (SSSR count). The zero-order chi connectivity index (χ0) is 8.81. The minimum atomic E-state index is 0.565. The van der Waals surface area contributed by atoms with Gasteiger partial charge in [0.2, 0.25) is 0 Å². The standard InChI is InChI=1S/C11H21N/c1-3-8-12-11(4-2)9-10-6-5-7-10/h4,10-12H,2-3,5-9H2,1H3. The molecule has 0 aromatic rings. The Balaban J connectivity index is 2.10. The van der Waals surface area contributed by atoms with Crippen molar-refractivity contribution in [1.82, 2.24) is 5.32 Å². The van der Waals surface area contributed by atoms with E-state index in [4.69, 9.17) is 0 Å². The monoisotopic (exact) mass is 167 g/mol. The summed E-state index contributed by atoms with van der Waals surface area (Å²) < 4.78 is 0. The maximum atomic E-state index is 3.86. The first-order valence-electron chi connectivity index (χ1n) is 5.22. The Labute approximate surface area is 76.2 Å². The van der Waals surface area contributed by atoms with Gasteiger partial charge in [-0.25, -0.2) is 0 Å². The van der Waals surface area contributed by atoms with Gasteiger partial charge in [0.05, 0.1) is 0 Å². The zero-order valence-corrected chi connectivity index (χ0v) is 8.18. The summed E-state index contributed by atoms with van der Waals surface area (Å²) in [5.74, 6) is 0.984. The third-order valence-electron chi connectivity index (χ3n) is 2.75. The smallest absolute Gasteiger partial charge is 0.0250 e. The van der Waals surface area contributed by atoms with Crippen molar-refractivity contribution in [1.29, 1.82) is 0 Å². The van der Waals surface area contributed by atoms with Gasteiger partial charge >= 0.3 is 0 Å². The van der Waals surface area contributed by atoms with Crippen LogP contribution in [-0.2, 0) is 0 Å². The molecule has 0 heterocycles. The molecular weight excluding hydrogens is 146 g/mol. The van der Waals surface area contributed by atoms with Crippen LogP contribution >= 0.6 is 0 Å². The molecule has 1 saturated carbocycles. The summed E-state index contributed by atoms with van der Waals surface area (Å²) >= 11 is 0. The molecule has 0 aliphatic heterocycles. The van der Waals surface area contributed by atoms with Crippen molar-refractivity contribution in [3.63, 3.8) is 0 Å². The Kier molecular flexibility index (Phi) is 4.37. The minimum absolute atomic E-state index is 0.565. The van der Waals surface area contributed by atoms with Gasteiger partial charge in [-0.1, -0.05) is 32.3 Å². The van der Waals surface area contributed by atoms with Crippen molar-refractivity contribution >= 4 is 0 Å². The fraction of sp³-hybridized carbons (Fsp3) is 0.818. The molecule has 0 aromatic heterocycles. The van der Waals surface area contributed by atoms with Crippen molar-refractivity contribution in [2.24, 2.45) is 5.92 Å². The molecular formula is C11H21N. The largest absolute Gasteiger partial charge is 0.311 e. The van der Waals surface area contributed by atoms with Crippen LogP contribution in [0.3, 0.4) is 0 Å². The van der Waals surface area contributed by atoms with Crippen LogP contribution in [0.15, 0.2) is 12.7 Å². The Hall–Kier alpha value is -0.300. The molecule has 70 valence electrons. The van der Waals surface area contributed by atoms with Gasteiger partial charge in [0.25, 0.3) is 0 Å². The first-order valence-corrected chi connectivity index (χ1v) is 5.22. The lowest BCUT2D eigenvalue weighted by Crippen LogP contribution is -2.31. The molecule has 0 aromatic carbocycles. The van der Waals surface area contributed by atoms with E-state index in [-0.39, 0.29) is 0 Å². The van der Waals surface area contributed by atoms with Gasteiger partial charge in [-0.2, -0.15) is 0 Å². The molecule has 1 aliphatic carbocycles. The highest BCUT2D eigenvalue weighted by Gasteiger charge is 2.19. The van der Waals surface area contributed by atoms with Crippen LogP contribution in [0.25, 0.3) is 0 Å². The Morgan fingerprint density at radius 3 is 2.75 bits per heavy atom. The average Bonchev–Trinajstić information content (AvgIpc) is 2.02. The molecule has 0 saturated heterocycles. The fourth-order valence-corrected chi connectivity index (χ4v) is 1.68. The van der Waals surface area contributed by atoms with E-state index < -0.39 is 0 Å². The topological polar surface area (TPSA) is 12.0 Å². The van der Waals surface area contributed by atoms with E-state index in [0.29, 0.717) is 6.04 Å². The van der Waals surface area contributed by atoms with Crippen LogP contribution < -0.4 is 5.32 Å². The summed E-state index contributed by atoms with van der Waals surface area (Å²) in [5.41, 5.74) is 0. The van der Waals surface area contributed by atoms with Gasteiger partial charge < -0.3 is 5.32 Å². The molecule has 1 heteroatoms. The third kappa shape index (κ3) is 2.98. The first kappa shape index (κ1) is 9.79. The van der Waals surface area contributed by atoms with E-state index in [1.54, 1.807) is 0 Å². The summed E-state index contributed by atoms with van der Waals surface area (Å²) in [6.07, 6.45) is 8.92. The summed E-state index contributed by atoms with van der Waals surface area (Å²) in [7, 11) is 0. The lowest BCUT2D eigenvalue weighted by atomic mass is 9.81. The Bertz CT molecular complexity index is 127. The normalized spacial score (nSPS) is 20.1. The molecule has 0 amide bonds. The molecule has 0 radical (unpaired) electrons. The maximum absolute atomic E-state index is 3.86. The Morgan fingerprint density at radius 1 is 1.58 bits per heavy atom. The lowest BCUT2D eigenvalue weighted by molar-refractivity contribution is 0.275. The van der Waals surface area contributed by atoms with E-state index in [0.717, 1.165) is 12.5 Å². The van der Waals surface area contributed by atoms with Gasteiger partial charge in [0, 0.05) is 6.04 Å². The molecule has 0 spiro atoms. The summed E-state index contributed by atoms with van der Waals surface area (Å²) in [5, 5.41) is 3.50. The number of rotatable bonds is 6. The number of hydrogen-bond donors (Lipinski definition) is 1. The third-order valence-corrected chi connectivity index (χ3v) is 2.75. The highest BCUT2D eigenvalue weighted by molar-refractivity contribution is 4.88. The van der Waals surface area contributed by atoms with Gasteiger partial charge in [0.1, 0.15) is 0 Å². The van der Waals surface area contributed by atoms with Crippen molar-refractivity contribution < 1.29 is 0 Å². The second kappa shape index (κ2) is 5.36. The number of hydrogen-bond acceptors (Lipinski definition) is 1. The van der Waals surface area contributed by atoms with Gasteiger partial charge in [-0.05, 0) is 25.3 Å². The van der Waals surface area contributed by atoms with Crippen LogP contribution in [-0.4, -0.2) is 12.6 Å². The molecule has 1 N–H and O–H groups in total. The van der Waals surface area contributed by atoms with E-state index in [9.17, 15) is 0 Å². The second-order valence-corrected chi connectivity index (χ2v) is 3.83. The van der Waals surface area contributed by atoms with Crippen LogP contribution in [0.5, 0.6) is 0 Å². The molecule has 1 fully saturated rings. The summed E-state index contributed by atoms with van der Waals surface area (Å²) in [6, 6.07) is 0.565. The van der Waals surface area contributed by atoms with Crippen molar-refractivity contribution in [3.05, 3.63) is 12.7 Å². The van der Waals surface area contributed by atoms with Crippen molar-refractivity contribution in [2.45, 2.75) is 45.1 Å². The molecule has 1 atom stereocenters. The highest BCUT2D eigenvalue weighted by atomic mass is 14.9. The summed E-state index contributed by atoms with van der Waals surface area (Å²) in [4.78, 5) is 0. The SMILES string of the molecule is C=CC(CC1CCC1)NCCC. The minimum Gasteiger partial charge on any atom is -0.311 e. The predicted octanol–water partition coefficient (Wildman–Crippen LogP) is 2.73. The molecule has 1 aliphatic rings. The number of nitrogens with one attached hydrogen (secondary N) is 1. The zero-order valence-electron chi connectivity index (χ0n) is 8.18. The fourth-order valence-electron chi connectivity index (χ4n) is 1.68. The van der Waals surface area contributed by atoms with Crippen LogP contribution in [0.2, 0.25) is 0 Å². The van der Waals surface area contributed by atoms with Gasteiger partial charge in [-0.15, -0.1) is 6.58 Å². The van der Waals surface area contributed by atoms with Gasteiger partial charge in [0.15, 0.2) is 0 Å². The van der Waals surface area contributed by atoms with E-state index in [1.165, 1.54) is 32.1 Å². The van der Waals surface area contributed by atoms with Crippen molar-refractivity contribution in [3.8, 4) is 0 Å². The first-order chi connectivity index (χ1) is 5.86. The molecule has 1 nitrogen and oxygen atoms in total. The van der Waals surface area contributed by atoms with Crippen LogP contribution in [0, 0.1) is 5.92 Å².